The van der Waals surface area contributed by atoms with Gasteiger partial charge in [0.15, 0.2) is 0 Å². The molecule has 0 heterocycles. The summed E-state index contributed by atoms with van der Waals surface area (Å²) in [5.74, 6) is 0. The van der Waals surface area contributed by atoms with Gasteiger partial charge in [0.2, 0.25) is 7.29 Å². The molecule has 0 aromatic heterocycles. The van der Waals surface area contributed by atoms with E-state index in [0.717, 1.165) is 28.3 Å². The first-order valence-electron chi connectivity index (χ1n) is 8.49. The second-order valence-electron chi connectivity index (χ2n) is 5.78. The molecule has 0 aliphatic rings. The van der Waals surface area contributed by atoms with Crippen LogP contribution < -0.4 is 15.7 Å². The van der Waals surface area contributed by atoms with Gasteiger partial charge in [0.25, 0.3) is 0 Å². The van der Waals surface area contributed by atoms with Crippen molar-refractivity contribution in [2.45, 2.75) is 13.3 Å². The fourth-order valence-electron chi connectivity index (χ4n) is 2.77. The maximum absolute atomic E-state index is 14.1. The molecule has 0 spiro atoms. The van der Waals surface area contributed by atoms with E-state index in [-0.39, 0.29) is 0 Å². The summed E-state index contributed by atoms with van der Waals surface area (Å²) in [6, 6.07) is 29.4. The molecule has 0 bridgehead atoms. The second-order valence-corrected chi connectivity index (χ2v) is 8.26. The normalized spacial score (nSPS) is 12.0. The molecule has 0 unspecified atom stereocenters. The Hall–Kier alpha value is -2.57. The van der Waals surface area contributed by atoms with Crippen molar-refractivity contribution in [2.24, 2.45) is 0 Å². The van der Waals surface area contributed by atoms with Gasteiger partial charge in [0.1, 0.15) is 0 Å². The number of hydrogen-bond acceptors (Lipinski definition) is 1. The minimum Gasteiger partial charge on any atom is -0.329 e. The van der Waals surface area contributed by atoms with E-state index in [0.29, 0.717) is 0 Å². The molecule has 3 heteroatoms. The molecule has 0 saturated heterocycles. The van der Waals surface area contributed by atoms with Gasteiger partial charge in [-0.1, -0.05) is 79.7 Å². The molecule has 3 rings (SSSR count). The Kier molecular flexibility index (Phi) is 5.53. The van der Waals surface area contributed by atoms with Gasteiger partial charge in [-0.3, -0.25) is 4.57 Å². The summed E-state index contributed by atoms with van der Waals surface area (Å²) >= 11 is 0. The predicted octanol–water partition coefficient (Wildman–Crippen LogP) is 4.96. The summed E-state index contributed by atoms with van der Waals surface area (Å²) in [5.41, 5.74) is 1.94. The number of nitrogens with one attached hydrogen (secondary N) is 1. The lowest BCUT2D eigenvalue weighted by molar-refractivity contribution is 0.584. The SMILES string of the molecule is CCC=C(NP(=O)(c1ccccc1)c1ccccc1)c1ccccc1. The predicted molar refractivity (Wildman–Crippen MR) is 108 cm³/mol. The molecular weight excluding hydrogens is 325 g/mol. The first-order valence-corrected chi connectivity index (χ1v) is 10.2. The zero-order valence-electron chi connectivity index (χ0n) is 14.3. The molecule has 3 aromatic rings. The highest BCUT2D eigenvalue weighted by atomic mass is 31.2. The Balaban J connectivity index is 2.10. The van der Waals surface area contributed by atoms with Crippen LogP contribution >= 0.6 is 7.29 Å². The first-order chi connectivity index (χ1) is 12.2. The van der Waals surface area contributed by atoms with Crippen LogP contribution in [0.25, 0.3) is 5.70 Å². The Morgan fingerprint density at radius 1 is 0.800 bits per heavy atom. The number of hydrogen-bond donors (Lipinski definition) is 1. The highest BCUT2D eigenvalue weighted by Crippen LogP contribution is 2.41. The van der Waals surface area contributed by atoms with Crippen LogP contribution in [0.15, 0.2) is 97.1 Å². The number of allylic oxidation sites excluding steroid dienone is 1. The Morgan fingerprint density at radius 3 is 1.68 bits per heavy atom. The van der Waals surface area contributed by atoms with Crippen LogP contribution in [0.3, 0.4) is 0 Å². The van der Waals surface area contributed by atoms with E-state index in [1.165, 1.54) is 0 Å². The summed E-state index contributed by atoms with van der Waals surface area (Å²) in [6.07, 6.45) is 2.95. The lowest BCUT2D eigenvalue weighted by Crippen LogP contribution is -2.26. The van der Waals surface area contributed by atoms with E-state index < -0.39 is 7.29 Å². The third kappa shape index (κ3) is 3.92. The number of rotatable bonds is 6. The van der Waals surface area contributed by atoms with Gasteiger partial charge >= 0.3 is 0 Å². The fourth-order valence-corrected chi connectivity index (χ4v) is 5.07. The molecule has 0 radical (unpaired) electrons. The molecule has 0 saturated carbocycles. The van der Waals surface area contributed by atoms with Crippen molar-refractivity contribution < 1.29 is 4.57 Å². The average Bonchev–Trinajstić information content (AvgIpc) is 2.69. The fraction of sp³-hybridized carbons (Fsp3) is 0.0909. The highest BCUT2D eigenvalue weighted by Gasteiger charge is 2.28. The Bertz CT molecular complexity index is 830. The molecule has 126 valence electrons. The van der Waals surface area contributed by atoms with Gasteiger partial charge in [-0.25, -0.2) is 0 Å². The standard InChI is InChI=1S/C22H22NOP/c1-2-12-22(19-13-6-3-7-14-19)23-25(24,20-15-8-4-9-16-20)21-17-10-5-11-18-21/h3-18H,2H2,1H3,(H,23,24). The van der Waals surface area contributed by atoms with Crippen molar-refractivity contribution in [3.8, 4) is 0 Å². The van der Waals surface area contributed by atoms with Crippen molar-refractivity contribution >= 4 is 23.6 Å². The zero-order valence-corrected chi connectivity index (χ0v) is 15.2. The van der Waals surface area contributed by atoms with Crippen molar-refractivity contribution in [1.82, 2.24) is 5.09 Å². The molecule has 0 fully saturated rings. The quantitative estimate of drug-likeness (QED) is 0.639. The summed E-state index contributed by atoms with van der Waals surface area (Å²) < 4.78 is 14.1. The van der Waals surface area contributed by atoms with Crippen molar-refractivity contribution in [1.29, 1.82) is 0 Å². The minimum atomic E-state index is -2.99. The van der Waals surface area contributed by atoms with Crippen LogP contribution in [0.2, 0.25) is 0 Å². The van der Waals surface area contributed by atoms with Gasteiger partial charge in [-0.2, -0.15) is 0 Å². The van der Waals surface area contributed by atoms with Crippen LogP contribution in [0.5, 0.6) is 0 Å². The van der Waals surface area contributed by atoms with Crippen LogP contribution in [-0.4, -0.2) is 0 Å². The van der Waals surface area contributed by atoms with Crippen molar-refractivity contribution in [3.63, 3.8) is 0 Å². The zero-order chi connectivity index (χ0) is 17.5. The van der Waals surface area contributed by atoms with Gasteiger partial charge in [-0.15, -0.1) is 0 Å². The minimum absolute atomic E-state index is 0.805. The van der Waals surface area contributed by atoms with Gasteiger partial charge in [0, 0.05) is 16.3 Å². The molecule has 1 N–H and O–H groups in total. The highest BCUT2D eigenvalue weighted by molar-refractivity contribution is 7.77. The largest absolute Gasteiger partial charge is 0.329 e. The maximum Gasteiger partial charge on any atom is 0.227 e. The summed E-state index contributed by atoms with van der Waals surface area (Å²) in [5, 5.41) is 5.01. The Labute approximate surface area is 149 Å². The van der Waals surface area contributed by atoms with Gasteiger partial charge in [0.05, 0.1) is 0 Å². The third-order valence-electron chi connectivity index (χ3n) is 4.01. The topological polar surface area (TPSA) is 29.1 Å². The molecule has 0 atom stereocenters. The molecule has 0 aliphatic heterocycles. The van der Waals surface area contributed by atoms with Crippen LogP contribution in [-0.2, 0) is 4.57 Å². The van der Waals surface area contributed by atoms with Crippen molar-refractivity contribution in [2.75, 3.05) is 0 Å². The van der Waals surface area contributed by atoms with Gasteiger partial charge < -0.3 is 5.09 Å². The molecule has 0 aliphatic carbocycles. The smallest absolute Gasteiger partial charge is 0.227 e. The molecule has 25 heavy (non-hydrogen) atoms. The van der Waals surface area contributed by atoms with Crippen LogP contribution in [0.4, 0.5) is 0 Å². The van der Waals surface area contributed by atoms with E-state index >= 15 is 0 Å². The summed E-state index contributed by atoms with van der Waals surface area (Å²) in [4.78, 5) is 0. The molecular formula is C22H22NOP. The first kappa shape index (κ1) is 17.3. The summed E-state index contributed by atoms with van der Waals surface area (Å²) in [6.45, 7) is 2.08. The van der Waals surface area contributed by atoms with Gasteiger partial charge in [-0.05, 0) is 36.2 Å². The van der Waals surface area contributed by atoms with E-state index in [1.54, 1.807) is 0 Å². The van der Waals surface area contributed by atoms with E-state index in [9.17, 15) is 4.57 Å². The Morgan fingerprint density at radius 2 is 1.24 bits per heavy atom. The second kappa shape index (κ2) is 8.00. The third-order valence-corrected chi connectivity index (χ3v) is 6.62. The molecule has 3 aromatic carbocycles. The maximum atomic E-state index is 14.1. The van der Waals surface area contributed by atoms with E-state index in [1.807, 2.05) is 91.0 Å². The number of benzene rings is 3. The monoisotopic (exact) mass is 347 g/mol. The van der Waals surface area contributed by atoms with Crippen LogP contribution in [0, 0.1) is 0 Å². The van der Waals surface area contributed by atoms with Crippen molar-refractivity contribution in [3.05, 3.63) is 103 Å². The average molecular weight is 347 g/mol. The van der Waals surface area contributed by atoms with Crippen LogP contribution in [0.1, 0.15) is 18.9 Å². The summed E-state index contributed by atoms with van der Waals surface area (Å²) in [7, 11) is -2.99. The lowest BCUT2D eigenvalue weighted by Gasteiger charge is -2.23. The lowest BCUT2D eigenvalue weighted by atomic mass is 10.1. The van der Waals surface area contributed by atoms with E-state index in [4.69, 9.17) is 0 Å². The van der Waals surface area contributed by atoms with E-state index in [2.05, 4.69) is 18.1 Å². The molecule has 0 amide bonds. The molecule has 2 nitrogen and oxygen atoms in total.